The molecule has 4 rings (SSSR count). The predicted molar refractivity (Wildman–Crippen MR) is 103 cm³/mol. The number of thioether (sulfide) groups is 1. The molecule has 1 aliphatic rings. The fourth-order valence-electron chi connectivity index (χ4n) is 3.31. The van der Waals surface area contributed by atoms with Gasteiger partial charge in [-0.05, 0) is 30.5 Å². The van der Waals surface area contributed by atoms with Gasteiger partial charge in [0.25, 0.3) is 5.91 Å². The molecule has 0 radical (unpaired) electrons. The first kappa shape index (κ1) is 17.7. The van der Waals surface area contributed by atoms with Crippen molar-refractivity contribution in [3.8, 4) is 0 Å². The molecule has 1 saturated heterocycles. The SMILES string of the molecule is CSc1nc2ccccc2n1CC(=O)N1CCN(C(=O)c2ccco2)CC1. The Morgan fingerprint density at radius 1 is 1.07 bits per heavy atom. The number of carbonyl (C=O) groups is 2. The first-order valence-corrected chi connectivity index (χ1v) is 9.99. The van der Waals surface area contributed by atoms with E-state index in [9.17, 15) is 9.59 Å². The maximum absolute atomic E-state index is 12.8. The van der Waals surface area contributed by atoms with E-state index in [1.165, 1.54) is 18.0 Å². The van der Waals surface area contributed by atoms with Crippen LogP contribution in [0.5, 0.6) is 0 Å². The molecule has 1 aromatic carbocycles. The highest BCUT2D eigenvalue weighted by Gasteiger charge is 2.26. The molecule has 0 bridgehead atoms. The molecular weight excluding hydrogens is 364 g/mol. The number of furan rings is 1. The molecule has 0 saturated carbocycles. The molecule has 3 aromatic rings. The Labute approximate surface area is 160 Å². The maximum Gasteiger partial charge on any atom is 0.289 e. The van der Waals surface area contributed by atoms with Crippen LogP contribution >= 0.6 is 11.8 Å². The highest BCUT2D eigenvalue weighted by molar-refractivity contribution is 7.98. The summed E-state index contributed by atoms with van der Waals surface area (Å²) in [6.45, 7) is 2.30. The highest BCUT2D eigenvalue weighted by Crippen LogP contribution is 2.22. The number of nitrogens with zero attached hydrogens (tertiary/aromatic N) is 4. The van der Waals surface area contributed by atoms with Gasteiger partial charge in [0.15, 0.2) is 10.9 Å². The van der Waals surface area contributed by atoms with Gasteiger partial charge in [0.2, 0.25) is 5.91 Å². The number of piperazine rings is 1. The summed E-state index contributed by atoms with van der Waals surface area (Å²) in [5.74, 6) is 0.250. The van der Waals surface area contributed by atoms with E-state index in [0.29, 0.717) is 31.9 Å². The van der Waals surface area contributed by atoms with E-state index >= 15 is 0 Å². The first-order valence-electron chi connectivity index (χ1n) is 8.77. The van der Waals surface area contributed by atoms with Crippen molar-refractivity contribution in [2.45, 2.75) is 11.7 Å². The molecule has 0 aliphatic carbocycles. The molecule has 3 heterocycles. The number of rotatable bonds is 4. The largest absolute Gasteiger partial charge is 0.459 e. The Kier molecular flexibility index (Phi) is 4.89. The van der Waals surface area contributed by atoms with Crippen molar-refractivity contribution in [1.82, 2.24) is 19.4 Å². The third-order valence-electron chi connectivity index (χ3n) is 4.75. The van der Waals surface area contributed by atoms with Gasteiger partial charge in [-0.2, -0.15) is 0 Å². The van der Waals surface area contributed by atoms with Gasteiger partial charge in [0, 0.05) is 26.2 Å². The monoisotopic (exact) mass is 384 g/mol. The second kappa shape index (κ2) is 7.48. The third-order valence-corrected chi connectivity index (χ3v) is 5.42. The maximum atomic E-state index is 12.8. The van der Waals surface area contributed by atoms with E-state index < -0.39 is 0 Å². The molecular formula is C19H20N4O3S. The van der Waals surface area contributed by atoms with Gasteiger partial charge >= 0.3 is 0 Å². The van der Waals surface area contributed by atoms with Gasteiger partial charge in [-0.15, -0.1) is 0 Å². The number of benzene rings is 1. The molecule has 7 nitrogen and oxygen atoms in total. The van der Waals surface area contributed by atoms with Crippen LogP contribution in [0.25, 0.3) is 11.0 Å². The molecule has 140 valence electrons. The zero-order chi connectivity index (χ0) is 18.8. The van der Waals surface area contributed by atoms with Crippen molar-refractivity contribution in [3.63, 3.8) is 0 Å². The fourth-order valence-corrected chi connectivity index (χ4v) is 3.89. The second-order valence-corrected chi connectivity index (χ2v) is 7.10. The van der Waals surface area contributed by atoms with E-state index in [1.54, 1.807) is 17.0 Å². The van der Waals surface area contributed by atoms with Crippen molar-refractivity contribution >= 4 is 34.6 Å². The zero-order valence-electron chi connectivity index (χ0n) is 15.0. The van der Waals surface area contributed by atoms with Gasteiger partial charge in [0.1, 0.15) is 6.54 Å². The van der Waals surface area contributed by atoms with Gasteiger partial charge < -0.3 is 18.8 Å². The van der Waals surface area contributed by atoms with Crippen LogP contribution in [0.15, 0.2) is 52.2 Å². The van der Waals surface area contributed by atoms with Crippen LogP contribution in [0.1, 0.15) is 10.6 Å². The average molecular weight is 384 g/mol. The number of amides is 2. The minimum atomic E-state index is -0.127. The zero-order valence-corrected chi connectivity index (χ0v) is 15.8. The molecule has 2 amide bonds. The van der Waals surface area contributed by atoms with Crippen molar-refractivity contribution in [1.29, 1.82) is 0 Å². The smallest absolute Gasteiger partial charge is 0.289 e. The summed E-state index contributed by atoms with van der Waals surface area (Å²) in [7, 11) is 0. The summed E-state index contributed by atoms with van der Waals surface area (Å²) in [4.78, 5) is 33.3. The summed E-state index contributed by atoms with van der Waals surface area (Å²) in [5.41, 5.74) is 1.85. The number of carbonyl (C=O) groups excluding carboxylic acids is 2. The Bertz CT molecular complexity index is 959. The van der Waals surface area contributed by atoms with Crippen LogP contribution < -0.4 is 0 Å². The highest BCUT2D eigenvalue weighted by atomic mass is 32.2. The second-order valence-electron chi connectivity index (χ2n) is 6.32. The van der Waals surface area contributed by atoms with Crippen LogP contribution in [-0.2, 0) is 11.3 Å². The Morgan fingerprint density at radius 2 is 1.81 bits per heavy atom. The molecule has 0 atom stereocenters. The lowest BCUT2D eigenvalue weighted by Crippen LogP contribution is -2.51. The van der Waals surface area contributed by atoms with E-state index in [2.05, 4.69) is 4.98 Å². The lowest BCUT2D eigenvalue weighted by Gasteiger charge is -2.34. The molecule has 2 aromatic heterocycles. The van der Waals surface area contributed by atoms with Crippen LogP contribution in [0.2, 0.25) is 0 Å². The van der Waals surface area contributed by atoms with Crippen molar-refractivity contribution in [3.05, 3.63) is 48.4 Å². The summed E-state index contributed by atoms with van der Waals surface area (Å²) >= 11 is 1.53. The van der Waals surface area contributed by atoms with Crippen molar-refractivity contribution < 1.29 is 14.0 Å². The summed E-state index contributed by atoms with van der Waals surface area (Å²) in [6, 6.07) is 11.2. The van der Waals surface area contributed by atoms with Crippen molar-refractivity contribution in [2.24, 2.45) is 0 Å². The summed E-state index contributed by atoms with van der Waals surface area (Å²) < 4.78 is 7.14. The van der Waals surface area contributed by atoms with Crippen LogP contribution in [-0.4, -0.2) is 63.6 Å². The lowest BCUT2D eigenvalue weighted by atomic mass is 10.2. The average Bonchev–Trinajstić information content (AvgIpc) is 3.36. The number of hydrogen-bond donors (Lipinski definition) is 0. The number of para-hydroxylation sites is 2. The van der Waals surface area contributed by atoms with E-state index in [1.807, 2.05) is 40.0 Å². The first-order chi connectivity index (χ1) is 13.2. The fraction of sp³-hybridized carbons (Fsp3) is 0.316. The Balaban J connectivity index is 1.42. The summed E-state index contributed by atoms with van der Waals surface area (Å²) in [5, 5.41) is 0.830. The molecule has 0 N–H and O–H groups in total. The van der Waals surface area contributed by atoms with Crippen LogP contribution in [0, 0.1) is 0 Å². The lowest BCUT2D eigenvalue weighted by molar-refractivity contribution is -0.133. The van der Waals surface area contributed by atoms with Gasteiger partial charge in [-0.1, -0.05) is 23.9 Å². The molecule has 8 heteroatoms. The van der Waals surface area contributed by atoms with Crippen molar-refractivity contribution in [2.75, 3.05) is 32.4 Å². The molecule has 1 aliphatic heterocycles. The quantitative estimate of drug-likeness (QED) is 0.646. The normalized spacial score (nSPS) is 14.7. The van der Waals surface area contributed by atoms with E-state index in [4.69, 9.17) is 4.42 Å². The number of imidazole rings is 1. The Hall–Kier alpha value is -2.74. The standard InChI is InChI=1S/C19H20N4O3S/c1-27-19-20-14-5-2-3-6-15(14)23(19)13-17(24)21-8-10-22(11-9-21)18(25)16-7-4-12-26-16/h2-7,12H,8-11,13H2,1H3. The van der Waals surface area contributed by atoms with Gasteiger partial charge in [0.05, 0.1) is 17.3 Å². The van der Waals surface area contributed by atoms with Crippen LogP contribution in [0.4, 0.5) is 0 Å². The van der Waals surface area contributed by atoms with E-state index in [0.717, 1.165) is 16.2 Å². The number of fused-ring (bicyclic) bond motifs is 1. The predicted octanol–water partition coefficient (Wildman–Crippen LogP) is 2.34. The minimum absolute atomic E-state index is 0.0403. The van der Waals surface area contributed by atoms with Gasteiger partial charge in [-0.3, -0.25) is 9.59 Å². The van der Waals surface area contributed by atoms with Gasteiger partial charge in [-0.25, -0.2) is 4.98 Å². The number of aromatic nitrogens is 2. The molecule has 0 unspecified atom stereocenters. The Morgan fingerprint density at radius 3 is 2.52 bits per heavy atom. The van der Waals surface area contributed by atoms with Crippen LogP contribution in [0.3, 0.4) is 0 Å². The van der Waals surface area contributed by atoms with E-state index in [-0.39, 0.29) is 18.4 Å². The topological polar surface area (TPSA) is 71.6 Å². The molecule has 27 heavy (non-hydrogen) atoms. The third kappa shape index (κ3) is 3.44. The summed E-state index contributed by atoms with van der Waals surface area (Å²) in [6.07, 6.45) is 3.45. The molecule has 1 fully saturated rings. The minimum Gasteiger partial charge on any atom is -0.459 e. The number of hydrogen-bond acceptors (Lipinski definition) is 5. The molecule has 0 spiro atoms.